The fourth-order valence-corrected chi connectivity index (χ4v) is 2.59. The Morgan fingerprint density at radius 2 is 2.35 bits per heavy atom. The topological polar surface area (TPSA) is 57.3 Å². The molecular formula is C15H24N4O. The van der Waals surface area contributed by atoms with Crippen LogP contribution in [0, 0.1) is 5.92 Å². The van der Waals surface area contributed by atoms with Crippen LogP contribution in [0.2, 0.25) is 0 Å². The monoisotopic (exact) mass is 276 g/mol. The van der Waals surface area contributed by atoms with Gasteiger partial charge in [-0.1, -0.05) is 0 Å². The van der Waals surface area contributed by atoms with Gasteiger partial charge in [0, 0.05) is 25.8 Å². The van der Waals surface area contributed by atoms with Gasteiger partial charge in [0.1, 0.15) is 5.82 Å². The molecule has 0 spiro atoms. The molecular weight excluding hydrogens is 252 g/mol. The molecule has 1 aliphatic heterocycles. The maximum Gasteiger partial charge on any atom is 0.252 e. The highest BCUT2D eigenvalue weighted by Gasteiger charge is 2.18. The van der Waals surface area contributed by atoms with Gasteiger partial charge in [0.15, 0.2) is 0 Å². The molecule has 1 aliphatic rings. The van der Waals surface area contributed by atoms with E-state index in [0.29, 0.717) is 11.5 Å². The normalized spacial score (nSPS) is 19.6. The number of pyridine rings is 1. The minimum atomic E-state index is -0.0335. The molecule has 2 N–H and O–H groups in total. The van der Waals surface area contributed by atoms with E-state index >= 15 is 0 Å². The molecule has 0 saturated carbocycles. The molecule has 2 heterocycles. The molecule has 1 unspecified atom stereocenters. The third-order valence-electron chi connectivity index (χ3n) is 3.66. The molecule has 1 aromatic heterocycles. The van der Waals surface area contributed by atoms with Gasteiger partial charge in [0.2, 0.25) is 0 Å². The number of piperidine rings is 1. The number of likely N-dealkylation sites (tertiary alicyclic amines) is 1. The van der Waals surface area contributed by atoms with Gasteiger partial charge in [-0.15, -0.1) is 0 Å². The summed E-state index contributed by atoms with van der Waals surface area (Å²) in [6.07, 6.45) is 4.04. The molecule has 5 nitrogen and oxygen atoms in total. The standard InChI is InChI=1S/C15H24N4O/c1-3-16-14-7-6-13(10-17-14)15(20)18-9-12-5-4-8-19(2)11-12/h6-7,10,12H,3-5,8-9,11H2,1-2H3,(H,16,17)(H,18,20). The molecule has 2 rings (SSSR count). The highest BCUT2D eigenvalue weighted by atomic mass is 16.1. The van der Waals surface area contributed by atoms with Crippen LogP contribution in [-0.2, 0) is 0 Å². The average molecular weight is 276 g/mol. The van der Waals surface area contributed by atoms with Gasteiger partial charge < -0.3 is 15.5 Å². The van der Waals surface area contributed by atoms with E-state index in [2.05, 4.69) is 27.6 Å². The highest BCUT2D eigenvalue weighted by Crippen LogP contribution is 2.14. The second kappa shape index (κ2) is 7.24. The summed E-state index contributed by atoms with van der Waals surface area (Å²) < 4.78 is 0. The van der Waals surface area contributed by atoms with Gasteiger partial charge in [-0.3, -0.25) is 4.79 Å². The van der Waals surface area contributed by atoms with Crippen molar-refractivity contribution in [2.75, 3.05) is 38.5 Å². The summed E-state index contributed by atoms with van der Waals surface area (Å²) in [5, 5.41) is 6.13. The Hall–Kier alpha value is -1.62. The Labute approximate surface area is 120 Å². The van der Waals surface area contributed by atoms with Crippen molar-refractivity contribution in [3.63, 3.8) is 0 Å². The Bertz CT molecular complexity index is 432. The number of amides is 1. The van der Waals surface area contributed by atoms with E-state index < -0.39 is 0 Å². The van der Waals surface area contributed by atoms with Crippen molar-refractivity contribution in [2.45, 2.75) is 19.8 Å². The van der Waals surface area contributed by atoms with Crippen LogP contribution in [0.15, 0.2) is 18.3 Å². The molecule has 1 amide bonds. The van der Waals surface area contributed by atoms with E-state index in [-0.39, 0.29) is 5.91 Å². The predicted octanol–water partition coefficient (Wildman–Crippen LogP) is 1.58. The average Bonchev–Trinajstić information content (AvgIpc) is 2.46. The van der Waals surface area contributed by atoms with Crippen LogP contribution in [0.4, 0.5) is 5.82 Å². The number of carbonyl (C=O) groups excluding carboxylic acids is 1. The summed E-state index contributed by atoms with van der Waals surface area (Å²) in [7, 11) is 2.14. The van der Waals surface area contributed by atoms with Crippen molar-refractivity contribution in [3.05, 3.63) is 23.9 Å². The predicted molar refractivity (Wildman–Crippen MR) is 81.0 cm³/mol. The van der Waals surface area contributed by atoms with Crippen LogP contribution in [0.5, 0.6) is 0 Å². The molecule has 20 heavy (non-hydrogen) atoms. The van der Waals surface area contributed by atoms with Crippen LogP contribution in [-0.4, -0.2) is 49.0 Å². The molecule has 0 radical (unpaired) electrons. The number of nitrogens with one attached hydrogen (secondary N) is 2. The van der Waals surface area contributed by atoms with Crippen molar-refractivity contribution >= 4 is 11.7 Å². The quantitative estimate of drug-likeness (QED) is 0.857. The van der Waals surface area contributed by atoms with E-state index in [1.54, 1.807) is 6.20 Å². The number of nitrogens with zero attached hydrogens (tertiary/aromatic N) is 2. The number of anilines is 1. The summed E-state index contributed by atoms with van der Waals surface area (Å²) in [4.78, 5) is 18.6. The molecule has 1 atom stereocenters. The van der Waals surface area contributed by atoms with Crippen LogP contribution < -0.4 is 10.6 Å². The molecule has 0 aliphatic carbocycles. The largest absolute Gasteiger partial charge is 0.370 e. The fourth-order valence-electron chi connectivity index (χ4n) is 2.59. The van der Waals surface area contributed by atoms with E-state index in [0.717, 1.165) is 25.5 Å². The number of aromatic nitrogens is 1. The zero-order valence-electron chi connectivity index (χ0n) is 12.4. The fraction of sp³-hybridized carbons (Fsp3) is 0.600. The summed E-state index contributed by atoms with van der Waals surface area (Å²) in [5.74, 6) is 1.33. The smallest absolute Gasteiger partial charge is 0.252 e. The zero-order valence-corrected chi connectivity index (χ0v) is 12.4. The minimum absolute atomic E-state index is 0.0335. The van der Waals surface area contributed by atoms with Gasteiger partial charge in [-0.05, 0) is 51.4 Å². The summed E-state index contributed by atoms with van der Waals surface area (Å²) in [6, 6.07) is 3.65. The van der Waals surface area contributed by atoms with E-state index in [9.17, 15) is 4.79 Å². The van der Waals surface area contributed by atoms with Crippen molar-refractivity contribution in [1.82, 2.24) is 15.2 Å². The first-order valence-corrected chi connectivity index (χ1v) is 7.35. The Morgan fingerprint density at radius 3 is 3.00 bits per heavy atom. The van der Waals surface area contributed by atoms with Crippen molar-refractivity contribution in [2.24, 2.45) is 5.92 Å². The van der Waals surface area contributed by atoms with Gasteiger partial charge in [-0.25, -0.2) is 4.98 Å². The summed E-state index contributed by atoms with van der Waals surface area (Å²) in [5.41, 5.74) is 0.621. The van der Waals surface area contributed by atoms with Gasteiger partial charge in [0.05, 0.1) is 5.56 Å². The number of rotatable bonds is 5. The lowest BCUT2D eigenvalue weighted by molar-refractivity contribution is 0.0936. The van der Waals surface area contributed by atoms with E-state index in [4.69, 9.17) is 0 Å². The van der Waals surface area contributed by atoms with Crippen LogP contribution in [0.25, 0.3) is 0 Å². The molecule has 5 heteroatoms. The molecule has 1 aromatic rings. The summed E-state index contributed by atoms with van der Waals surface area (Å²) in [6.45, 7) is 5.83. The second-order valence-corrected chi connectivity index (χ2v) is 5.44. The van der Waals surface area contributed by atoms with Crippen molar-refractivity contribution in [1.29, 1.82) is 0 Å². The lowest BCUT2D eigenvalue weighted by Gasteiger charge is -2.29. The number of hydrogen-bond acceptors (Lipinski definition) is 4. The first kappa shape index (κ1) is 14.8. The first-order chi connectivity index (χ1) is 9.69. The van der Waals surface area contributed by atoms with Crippen LogP contribution in [0.1, 0.15) is 30.1 Å². The molecule has 1 fully saturated rings. The maximum absolute atomic E-state index is 12.1. The van der Waals surface area contributed by atoms with Crippen LogP contribution >= 0.6 is 0 Å². The third-order valence-corrected chi connectivity index (χ3v) is 3.66. The number of carbonyl (C=O) groups is 1. The Morgan fingerprint density at radius 1 is 1.50 bits per heavy atom. The van der Waals surface area contributed by atoms with Crippen molar-refractivity contribution < 1.29 is 4.79 Å². The molecule has 1 saturated heterocycles. The Kier molecular flexibility index (Phi) is 5.35. The van der Waals surface area contributed by atoms with Crippen LogP contribution in [0.3, 0.4) is 0 Å². The SMILES string of the molecule is CCNc1ccc(C(=O)NCC2CCCN(C)C2)cn1. The molecule has 110 valence electrons. The van der Waals surface area contributed by atoms with E-state index in [1.165, 1.54) is 19.4 Å². The van der Waals surface area contributed by atoms with Gasteiger partial charge in [-0.2, -0.15) is 0 Å². The van der Waals surface area contributed by atoms with Gasteiger partial charge >= 0.3 is 0 Å². The second-order valence-electron chi connectivity index (χ2n) is 5.44. The maximum atomic E-state index is 12.1. The third kappa shape index (κ3) is 4.20. The molecule has 0 bridgehead atoms. The Balaban J connectivity index is 1.82. The van der Waals surface area contributed by atoms with Crippen molar-refractivity contribution in [3.8, 4) is 0 Å². The lowest BCUT2D eigenvalue weighted by atomic mass is 9.98. The first-order valence-electron chi connectivity index (χ1n) is 7.35. The van der Waals surface area contributed by atoms with Gasteiger partial charge in [0.25, 0.3) is 5.91 Å². The molecule has 0 aromatic carbocycles. The number of hydrogen-bond donors (Lipinski definition) is 2. The zero-order chi connectivity index (χ0) is 14.4. The van der Waals surface area contributed by atoms with E-state index in [1.807, 2.05) is 19.1 Å². The summed E-state index contributed by atoms with van der Waals surface area (Å²) >= 11 is 0. The highest BCUT2D eigenvalue weighted by molar-refractivity contribution is 5.94. The lowest BCUT2D eigenvalue weighted by Crippen LogP contribution is -2.39. The minimum Gasteiger partial charge on any atom is -0.370 e.